The molecule has 1 amide bonds. The van der Waals surface area contributed by atoms with Crippen LogP contribution in [-0.2, 0) is 4.79 Å². The molecule has 0 radical (unpaired) electrons. The molecule has 0 aliphatic rings. The fraction of sp³-hybridized carbons (Fsp3) is 0.300. The molecule has 0 saturated carbocycles. The van der Waals surface area contributed by atoms with Gasteiger partial charge in [-0.05, 0) is 19.1 Å². The van der Waals surface area contributed by atoms with E-state index in [0.29, 0.717) is 6.42 Å². The van der Waals surface area contributed by atoms with Crippen LogP contribution in [0.3, 0.4) is 0 Å². The minimum Gasteiger partial charge on any atom is -0.326 e. The first-order valence-electron chi connectivity index (χ1n) is 4.17. The van der Waals surface area contributed by atoms with Gasteiger partial charge in [0.2, 0.25) is 5.91 Å². The Balaban J connectivity index is 2.46. The highest BCUT2D eigenvalue weighted by Crippen LogP contribution is 2.07. The number of rotatable bonds is 3. The molecule has 13 heavy (non-hydrogen) atoms. The molecule has 0 saturated heterocycles. The van der Waals surface area contributed by atoms with Crippen LogP contribution in [0.2, 0.25) is 0 Å². The quantitative estimate of drug-likeness (QED) is 0.742. The first kappa shape index (κ1) is 10.1. The predicted octanol–water partition coefficient (Wildman–Crippen LogP) is 2.64. The molecule has 0 fully saturated rings. The van der Waals surface area contributed by atoms with Crippen LogP contribution in [0.25, 0.3) is 0 Å². The van der Waals surface area contributed by atoms with Gasteiger partial charge in [-0.15, -0.1) is 11.6 Å². The molecule has 0 heterocycles. The lowest BCUT2D eigenvalue weighted by Crippen LogP contribution is -2.14. The van der Waals surface area contributed by atoms with E-state index in [4.69, 9.17) is 11.6 Å². The Morgan fingerprint density at radius 3 is 2.62 bits per heavy atom. The fourth-order valence-corrected chi connectivity index (χ4v) is 1.13. The zero-order chi connectivity index (χ0) is 9.68. The summed E-state index contributed by atoms with van der Waals surface area (Å²) in [6, 6.07) is 9.34. The van der Waals surface area contributed by atoms with E-state index in [-0.39, 0.29) is 11.3 Å². The second kappa shape index (κ2) is 4.87. The van der Waals surface area contributed by atoms with E-state index in [1.54, 1.807) is 6.92 Å². The van der Waals surface area contributed by atoms with Crippen LogP contribution in [0.15, 0.2) is 30.3 Å². The number of benzene rings is 1. The number of alkyl halides is 1. The summed E-state index contributed by atoms with van der Waals surface area (Å²) in [5, 5.41) is 2.63. The smallest absolute Gasteiger partial charge is 0.225 e. The van der Waals surface area contributed by atoms with Gasteiger partial charge in [-0.25, -0.2) is 0 Å². The van der Waals surface area contributed by atoms with E-state index in [1.165, 1.54) is 0 Å². The second-order valence-corrected chi connectivity index (χ2v) is 3.64. The van der Waals surface area contributed by atoms with Gasteiger partial charge < -0.3 is 5.32 Å². The average molecular weight is 198 g/mol. The maximum atomic E-state index is 11.2. The molecule has 0 aromatic heterocycles. The number of halogens is 1. The maximum Gasteiger partial charge on any atom is 0.225 e. The molecular formula is C10H12ClNO. The van der Waals surface area contributed by atoms with Crippen LogP contribution >= 0.6 is 11.6 Å². The fourth-order valence-electron chi connectivity index (χ4n) is 0.989. The molecular weight excluding hydrogens is 186 g/mol. The van der Waals surface area contributed by atoms with Crippen LogP contribution in [0, 0.1) is 0 Å². The topological polar surface area (TPSA) is 29.1 Å². The first-order chi connectivity index (χ1) is 6.18. The van der Waals surface area contributed by atoms with Gasteiger partial charge in [0.1, 0.15) is 0 Å². The molecule has 0 unspecified atom stereocenters. The second-order valence-electron chi connectivity index (χ2n) is 2.90. The van der Waals surface area contributed by atoms with Crippen LogP contribution < -0.4 is 5.32 Å². The van der Waals surface area contributed by atoms with Gasteiger partial charge in [-0.2, -0.15) is 0 Å². The van der Waals surface area contributed by atoms with Gasteiger partial charge in [0.15, 0.2) is 0 Å². The van der Waals surface area contributed by atoms with Crippen molar-refractivity contribution in [3.63, 3.8) is 0 Å². The van der Waals surface area contributed by atoms with Gasteiger partial charge >= 0.3 is 0 Å². The van der Waals surface area contributed by atoms with E-state index in [1.807, 2.05) is 30.3 Å². The van der Waals surface area contributed by atoms with Crippen LogP contribution in [0.1, 0.15) is 13.3 Å². The third kappa shape index (κ3) is 3.95. The SMILES string of the molecule is C[C@@H](Cl)CC(=O)Nc1ccccc1. The van der Waals surface area contributed by atoms with Crippen molar-refractivity contribution in [2.45, 2.75) is 18.7 Å². The van der Waals surface area contributed by atoms with Gasteiger partial charge in [0.05, 0.1) is 0 Å². The summed E-state index contributed by atoms with van der Waals surface area (Å²) in [4.78, 5) is 11.2. The number of para-hydroxylation sites is 1. The van der Waals surface area contributed by atoms with Crippen molar-refractivity contribution in [2.75, 3.05) is 5.32 Å². The highest BCUT2D eigenvalue weighted by atomic mass is 35.5. The van der Waals surface area contributed by atoms with E-state index in [9.17, 15) is 4.79 Å². The largest absolute Gasteiger partial charge is 0.326 e. The minimum absolute atomic E-state index is 0.0475. The number of hydrogen-bond donors (Lipinski definition) is 1. The van der Waals surface area contributed by atoms with Crippen LogP contribution in [0.4, 0.5) is 5.69 Å². The summed E-state index contributed by atoms with van der Waals surface area (Å²) in [6.07, 6.45) is 0.344. The summed E-state index contributed by atoms with van der Waals surface area (Å²) >= 11 is 5.68. The van der Waals surface area contributed by atoms with Gasteiger partial charge in [0, 0.05) is 17.5 Å². The Labute approximate surface area is 82.9 Å². The predicted molar refractivity (Wildman–Crippen MR) is 55.0 cm³/mol. The molecule has 1 aromatic rings. The van der Waals surface area contributed by atoms with Crippen molar-refractivity contribution >= 4 is 23.2 Å². The maximum absolute atomic E-state index is 11.2. The van der Waals surface area contributed by atoms with Crippen LogP contribution in [0.5, 0.6) is 0 Å². The number of anilines is 1. The molecule has 0 bridgehead atoms. The third-order valence-corrected chi connectivity index (χ3v) is 1.68. The van der Waals surface area contributed by atoms with Crippen molar-refractivity contribution in [3.05, 3.63) is 30.3 Å². The first-order valence-corrected chi connectivity index (χ1v) is 4.61. The van der Waals surface area contributed by atoms with E-state index >= 15 is 0 Å². The number of amides is 1. The van der Waals surface area contributed by atoms with Gasteiger partial charge in [-0.3, -0.25) is 4.79 Å². The lowest BCUT2D eigenvalue weighted by molar-refractivity contribution is -0.116. The highest BCUT2D eigenvalue weighted by molar-refractivity contribution is 6.21. The van der Waals surface area contributed by atoms with Crippen molar-refractivity contribution < 1.29 is 4.79 Å². The Bertz CT molecular complexity index is 272. The van der Waals surface area contributed by atoms with Crippen molar-refractivity contribution in [1.29, 1.82) is 0 Å². The summed E-state index contributed by atoms with van der Waals surface area (Å²) in [7, 11) is 0. The zero-order valence-corrected chi connectivity index (χ0v) is 8.21. The molecule has 1 aromatic carbocycles. The standard InChI is InChI=1S/C10H12ClNO/c1-8(11)7-10(13)12-9-5-3-2-4-6-9/h2-6,8H,7H2,1H3,(H,12,13)/t8-/m1/s1. The molecule has 3 heteroatoms. The average Bonchev–Trinajstić information content (AvgIpc) is 2.04. The molecule has 0 spiro atoms. The molecule has 0 aliphatic heterocycles. The van der Waals surface area contributed by atoms with E-state index in [0.717, 1.165) is 5.69 Å². The van der Waals surface area contributed by atoms with E-state index < -0.39 is 0 Å². The Kier molecular flexibility index (Phi) is 3.77. The number of hydrogen-bond acceptors (Lipinski definition) is 1. The molecule has 70 valence electrons. The Hall–Kier alpha value is -1.02. The summed E-state index contributed by atoms with van der Waals surface area (Å²) in [5.41, 5.74) is 0.810. The van der Waals surface area contributed by atoms with Crippen molar-refractivity contribution in [2.24, 2.45) is 0 Å². The molecule has 1 atom stereocenters. The molecule has 1 N–H and O–H groups in total. The molecule has 2 nitrogen and oxygen atoms in total. The van der Waals surface area contributed by atoms with Crippen molar-refractivity contribution in [3.8, 4) is 0 Å². The molecule has 0 aliphatic carbocycles. The highest BCUT2D eigenvalue weighted by Gasteiger charge is 2.05. The summed E-state index contributed by atoms with van der Waals surface area (Å²) in [5.74, 6) is -0.0475. The third-order valence-electron chi connectivity index (χ3n) is 1.52. The summed E-state index contributed by atoms with van der Waals surface area (Å²) in [6.45, 7) is 1.80. The van der Waals surface area contributed by atoms with Gasteiger partial charge in [-0.1, -0.05) is 18.2 Å². The van der Waals surface area contributed by atoms with Gasteiger partial charge in [0.25, 0.3) is 0 Å². The number of carbonyl (C=O) groups is 1. The minimum atomic E-state index is -0.122. The Morgan fingerprint density at radius 2 is 2.08 bits per heavy atom. The lowest BCUT2D eigenvalue weighted by atomic mass is 10.3. The summed E-state index contributed by atoms with van der Waals surface area (Å²) < 4.78 is 0. The number of carbonyl (C=O) groups excluding carboxylic acids is 1. The number of nitrogens with one attached hydrogen (secondary N) is 1. The Morgan fingerprint density at radius 1 is 1.46 bits per heavy atom. The van der Waals surface area contributed by atoms with E-state index in [2.05, 4.69) is 5.32 Å². The monoisotopic (exact) mass is 197 g/mol. The normalized spacial score (nSPS) is 12.2. The lowest BCUT2D eigenvalue weighted by Gasteiger charge is -2.05. The zero-order valence-electron chi connectivity index (χ0n) is 7.46. The van der Waals surface area contributed by atoms with Crippen LogP contribution in [-0.4, -0.2) is 11.3 Å². The molecule has 1 rings (SSSR count). The van der Waals surface area contributed by atoms with Crippen molar-refractivity contribution in [1.82, 2.24) is 0 Å².